The van der Waals surface area contributed by atoms with Gasteiger partial charge in [-0.25, -0.2) is 9.59 Å². The summed E-state index contributed by atoms with van der Waals surface area (Å²) in [6.45, 7) is 7.92. The number of rotatable bonds is 10. The summed E-state index contributed by atoms with van der Waals surface area (Å²) < 4.78 is 30.3. The zero-order chi connectivity index (χ0) is 45.8. The average Bonchev–Trinajstić information content (AvgIpc) is 3.23. The molecule has 15 nitrogen and oxygen atoms in total. The Kier molecular flexibility index (Phi) is 12.2. The van der Waals surface area contributed by atoms with Gasteiger partial charge in [0, 0.05) is 42.7 Å². The van der Waals surface area contributed by atoms with Gasteiger partial charge < -0.3 is 44.3 Å². The van der Waals surface area contributed by atoms with Crippen molar-refractivity contribution in [3.05, 3.63) is 118 Å². The monoisotopic (exact) mass is 887 g/mol. The van der Waals surface area contributed by atoms with Crippen LogP contribution in [0.15, 0.2) is 96.1 Å². The van der Waals surface area contributed by atoms with E-state index in [0.717, 1.165) is 13.8 Å². The number of aliphatic hydroxyl groups excluding tert-OH is 2. The Labute approximate surface area is 368 Å². The number of benzene rings is 3. The molecule has 334 valence electrons. The third-order valence-electron chi connectivity index (χ3n) is 13.5. The summed E-state index contributed by atoms with van der Waals surface area (Å²) in [5, 5.41) is 40.5. The van der Waals surface area contributed by atoms with Gasteiger partial charge in [-0.15, -0.1) is 0 Å². The highest BCUT2D eigenvalue weighted by molar-refractivity contribution is 6.31. The van der Waals surface area contributed by atoms with Gasteiger partial charge in [-0.05, 0) is 60.9 Å². The van der Waals surface area contributed by atoms with E-state index in [-0.39, 0.29) is 40.3 Å². The average molecular weight is 888 g/mol. The predicted octanol–water partition coefficient (Wildman–Crippen LogP) is 4.39. The van der Waals surface area contributed by atoms with Crippen LogP contribution in [0.1, 0.15) is 86.7 Å². The van der Waals surface area contributed by atoms with Crippen LogP contribution in [-0.4, -0.2) is 105 Å². The van der Waals surface area contributed by atoms with E-state index in [2.05, 4.69) is 5.32 Å². The van der Waals surface area contributed by atoms with Gasteiger partial charge in [-0.3, -0.25) is 19.2 Å². The molecule has 11 atom stereocenters. The Hall–Kier alpha value is -5.45. The predicted molar refractivity (Wildman–Crippen MR) is 223 cm³/mol. The summed E-state index contributed by atoms with van der Waals surface area (Å²) in [5.74, 6) is -6.99. The van der Waals surface area contributed by atoms with Crippen LogP contribution >= 0.6 is 11.6 Å². The molecule has 3 aromatic carbocycles. The molecule has 1 aliphatic heterocycles. The van der Waals surface area contributed by atoms with Crippen LogP contribution < -0.4 is 5.32 Å². The smallest absolute Gasteiger partial charge is 0.338 e. The second-order valence-electron chi connectivity index (χ2n) is 17.5. The zero-order valence-electron chi connectivity index (χ0n) is 35.5. The van der Waals surface area contributed by atoms with Crippen molar-refractivity contribution in [3.63, 3.8) is 0 Å². The fraction of sp³-hybridized carbons (Fsp3) is 0.447. The first-order valence-electron chi connectivity index (χ1n) is 20.6. The summed E-state index contributed by atoms with van der Waals surface area (Å²) in [4.78, 5) is 83.6. The summed E-state index contributed by atoms with van der Waals surface area (Å²) in [5.41, 5.74) is -7.25. The van der Waals surface area contributed by atoms with E-state index >= 15 is 4.79 Å². The lowest BCUT2D eigenvalue weighted by Crippen LogP contribution is -2.82. The standard InChI is InChI=1S/C47H50ClNO14/c1-24-31(61-43(57)36(53)35(27-14-9-7-10-15-27)49-41(55)29-18-13-19-30(48)20-29)22-47(58)40(62-42(56)28-16-11-8-12-17-28)38-45(6,32(52)21-33-46(38,23-59-33)63-26(3)51)39(54)37(60-25(2)50)34(24)44(47,4)5/h7-20,31-33,35-38,40,52-53,58H,21-23H2,1-6H3,(H,49,55)/t31-,32-,33+,35-,36+,37+,38-,40-,45+,46-,47+/m0/s1. The highest BCUT2D eigenvalue weighted by atomic mass is 35.5. The van der Waals surface area contributed by atoms with E-state index in [1.54, 1.807) is 74.5 Å². The van der Waals surface area contributed by atoms with E-state index < -0.39 is 113 Å². The first kappa shape index (κ1) is 45.6. The molecular weight excluding hydrogens is 838 g/mol. The zero-order valence-corrected chi connectivity index (χ0v) is 36.3. The molecule has 1 amide bonds. The molecule has 4 N–H and O–H groups in total. The summed E-state index contributed by atoms with van der Waals surface area (Å²) in [7, 11) is 0. The fourth-order valence-corrected chi connectivity index (χ4v) is 10.4. The normalized spacial score (nSPS) is 31.6. The van der Waals surface area contributed by atoms with Crippen molar-refractivity contribution in [2.75, 3.05) is 6.61 Å². The molecule has 0 aromatic heterocycles. The SMILES string of the molecule is CC(=O)O[C@H]1C(=O)[C@@]2(C)[C@H]([C@H](OC(=O)c3ccccc3)[C@]3(O)C[C@H](OC(=O)[C@H](O)[C@@H](NC(=O)c4cccc(Cl)c4)c4ccccc4)C(C)=C1C3(C)C)[C@]1(OC(C)=O)CO[C@@H]1C[C@@H]2O. The van der Waals surface area contributed by atoms with Crippen molar-refractivity contribution in [1.82, 2.24) is 5.32 Å². The van der Waals surface area contributed by atoms with Gasteiger partial charge in [0.15, 0.2) is 23.6 Å². The minimum absolute atomic E-state index is 0.0150. The van der Waals surface area contributed by atoms with E-state index in [9.17, 15) is 39.3 Å². The van der Waals surface area contributed by atoms with Gasteiger partial charge in [-0.1, -0.05) is 80.0 Å². The molecule has 7 rings (SSSR count). The fourth-order valence-electron chi connectivity index (χ4n) is 10.2. The number of esters is 4. The molecular formula is C47H50ClNO14. The number of hydrogen-bond donors (Lipinski definition) is 4. The highest BCUT2D eigenvalue weighted by Gasteiger charge is 2.78. The van der Waals surface area contributed by atoms with Gasteiger partial charge in [0.1, 0.15) is 23.9 Å². The molecule has 63 heavy (non-hydrogen) atoms. The summed E-state index contributed by atoms with van der Waals surface area (Å²) in [6.07, 6.45) is -10.6. The Balaban J connectivity index is 1.38. The van der Waals surface area contributed by atoms with Gasteiger partial charge in [-0.2, -0.15) is 0 Å². The molecule has 1 saturated heterocycles. The van der Waals surface area contributed by atoms with Crippen LogP contribution in [0, 0.1) is 16.7 Å². The molecule has 4 aliphatic rings. The Morgan fingerprint density at radius 3 is 2.10 bits per heavy atom. The summed E-state index contributed by atoms with van der Waals surface area (Å²) >= 11 is 6.14. The largest absolute Gasteiger partial charge is 0.456 e. The number of ether oxygens (including phenoxy) is 5. The topological polar surface area (TPSA) is 221 Å². The Bertz CT molecular complexity index is 2350. The molecule has 3 aliphatic carbocycles. The van der Waals surface area contributed by atoms with Gasteiger partial charge >= 0.3 is 23.9 Å². The number of ketones is 1. The van der Waals surface area contributed by atoms with Crippen LogP contribution in [0.2, 0.25) is 5.02 Å². The van der Waals surface area contributed by atoms with Crippen LogP contribution in [0.4, 0.5) is 0 Å². The van der Waals surface area contributed by atoms with Crippen molar-refractivity contribution in [2.45, 2.75) is 108 Å². The third kappa shape index (κ3) is 7.73. The number of aliphatic hydroxyl groups is 3. The molecule has 0 unspecified atom stereocenters. The molecule has 2 saturated carbocycles. The number of fused-ring (bicyclic) bond motifs is 5. The quantitative estimate of drug-likeness (QED) is 0.126. The highest BCUT2D eigenvalue weighted by Crippen LogP contribution is 2.64. The number of halogens is 1. The van der Waals surface area contributed by atoms with Crippen LogP contribution in [0.5, 0.6) is 0 Å². The van der Waals surface area contributed by atoms with E-state index in [1.165, 1.54) is 38.1 Å². The van der Waals surface area contributed by atoms with E-state index in [1.807, 2.05) is 0 Å². The molecule has 0 spiro atoms. The van der Waals surface area contributed by atoms with Crippen molar-refractivity contribution < 1.29 is 67.8 Å². The van der Waals surface area contributed by atoms with E-state index in [0.29, 0.717) is 5.56 Å². The molecule has 3 aromatic rings. The second kappa shape index (κ2) is 16.9. The van der Waals surface area contributed by atoms with Crippen LogP contribution in [0.3, 0.4) is 0 Å². The Morgan fingerprint density at radius 1 is 0.873 bits per heavy atom. The molecule has 1 heterocycles. The third-order valence-corrected chi connectivity index (χ3v) is 13.8. The molecule has 16 heteroatoms. The number of Topliss-reactive ketones (excluding diaryl/α,β-unsaturated/α-hetero) is 1. The minimum Gasteiger partial charge on any atom is -0.456 e. The number of nitrogens with one attached hydrogen (secondary N) is 1. The molecule has 3 fully saturated rings. The van der Waals surface area contributed by atoms with Crippen molar-refractivity contribution in [1.29, 1.82) is 0 Å². The van der Waals surface area contributed by atoms with Gasteiger partial charge in [0.25, 0.3) is 5.91 Å². The Morgan fingerprint density at radius 2 is 1.51 bits per heavy atom. The first-order valence-corrected chi connectivity index (χ1v) is 21.0. The van der Waals surface area contributed by atoms with Crippen LogP contribution in [-0.2, 0) is 42.9 Å². The molecule has 0 radical (unpaired) electrons. The number of amides is 1. The van der Waals surface area contributed by atoms with Crippen molar-refractivity contribution in [2.24, 2.45) is 16.7 Å². The van der Waals surface area contributed by atoms with Crippen molar-refractivity contribution in [3.8, 4) is 0 Å². The number of carbonyl (C=O) groups excluding carboxylic acids is 6. The first-order chi connectivity index (χ1) is 29.7. The van der Waals surface area contributed by atoms with E-state index in [4.69, 9.17) is 35.3 Å². The maximum absolute atomic E-state index is 15.5. The maximum Gasteiger partial charge on any atom is 0.338 e. The maximum atomic E-state index is 15.5. The minimum atomic E-state index is -2.41. The summed E-state index contributed by atoms with van der Waals surface area (Å²) in [6, 6.07) is 20.7. The number of hydrogen-bond acceptors (Lipinski definition) is 14. The van der Waals surface area contributed by atoms with Gasteiger partial charge in [0.05, 0.1) is 35.6 Å². The van der Waals surface area contributed by atoms with Gasteiger partial charge in [0.2, 0.25) is 0 Å². The number of carbonyl (C=O) groups is 6. The molecule has 2 bridgehead atoms. The van der Waals surface area contributed by atoms with Crippen molar-refractivity contribution >= 4 is 47.2 Å². The lowest BCUT2D eigenvalue weighted by molar-refractivity contribution is -0.346. The second-order valence-corrected chi connectivity index (χ2v) is 17.9. The van der Waals surface area contributed by atoms with Crippen LogP contribution in [0.25, 0.3) is 0 Å². The lowest BCUT2D eigenvalue weighted by Gasteiger charge is -2.67. The lowest BCUT2D eigenvalue weighted by atomic mass is 9.44.